The summed E-state index contributed by atoms with van der Waals surface area (Å²) in [4.78, 5) is 0. The van der Waals surface area contributed by atoms with E-state index in [4.69, 9.17) is 16.8 Å². The average molecular weight is 467 g/mol. The minimum absolute atomic E-state index is 0.594. The van der Waals surface area contributed by atoms with E-state index in [0.717, 1.165) is 54.4 Å². The second-order valence-corrected chi connectivity index (χ2v) is 25.2. The third kappa shape index (κ3) is 7.14. The molecule has 0 aliphatic heterocycles. The van der Waals surface area contributed by atoms with Gasteiger partial charge in [0.15, 0.2) is 25.0 Å². The average Bonchev–Trinajstić information content (AvgIpc) is 2.75. The van der Waals surface area contributed by atoms with Gasteiger partial charge in [-0.25, -0.2) is 0 Å². The van der Waals surface area contributed by atoms with E-state index in [1.807, 2.05) is 0 Å². The van der Waals surface area contributed by atoms with Crippen molar-refractivity contribution >= 4 is 34.0 Å². The highest BCUT2D eigenvalue weighted by Crippen LogP contribution is 2.37. The molecule has 0 amide bonds. The van der Waals surface area contributed by atoms with Gasteiger partial charge in [-0.15, -0.1) is 0 Å². The molecule has 0 aromatic rings. The van der Waals surface area contributed by atoms with Crippen molar-refractivity contribution in [2.45, 2.75) is 124 Å². The SMILES string of the molecule is CCO[Si](O[Si](CC)(CC)CC)(O[Si](CC)(CC)CC)O[Si](CC)(CC)CC. The van der Waals surface area contributed by atoms with E-state index >= 15 is 0 Å². The van der Waals surface area contributed by atoms with Gasteiger partial charge in [0.05, 0.1) is 0 Å². The van der Waals surface area contributed by atoms with E-state index in [1.54, 1.807) is 0 Å². The van der Waals surface area contributed by atoms with Gasteiger partial charge in [-0.2, -0.15) is 0 Å². The van der Waals surface area contributed by atoms with Gasteiger partial charge in [-0.1, -0.05) is 62.3 Å². The van der Waals surface area contributed by atoms with Gasteiger partial charge >= 0.3 is 9.05 Å². The Kier molecular flexibility index (Phi) is 13.5. The summed E-state index contributed by atoms with van der Waals surface area (Å²) in [6, 6.07) is 9.81. The van der Waals surface area contributed by atoms with Crippen molar-refractivity contribution in [2.24, 2.45) is 0 Å². The highest BCUT2D eigenvalue weighted by Gasteiger charge is 2.58. The maximum atomic E-state index is 7.12. The van der Waals surface area contributed by atoms with Crippen LogP contribution in [0.3, 0.4) is 0 Å². The summed E-state index contributed by atoms with van der Waals surface area (Å²) in [5.74, 6) is 0. The fraction of sp³-hybridized carbons (Fsp3) is 1.00. The standard InChI is InChI=1S/C20H50O4Si4/c1-11-21-28(22-25(12-2,13-3)14-4,23-26(15-5,16-6)17-7)24-27(18-8,19-9)20-10/h11-20H2,1-10H3. The van der Waals surface area contributed by atoms with Gasteiger partial charge in [0.25, 0.3) is 0 Å². The fourth-order valence-electron chi connectivity index (χ4n) is 4.02. The molecule has 0 aromatic carbocycles. The molecule has 0 aliphatic rings. The first kappa shape index (κ1) is 28.7. The van der Waals surface area contributed by atoms with E-state index in [0.29, 0.717) is 6.61 Å². The van der Waals surface area contributed by atoms with E-state index in [-0.39, 0.29) is 0 Å². The minimum Gasteiger partial charge on any atom is -0.395 e. The third-order valence-corrected chi connectivity index (χ3v) is 27.6. The Hall–Kier alpha value is 0.708. The van der Waals surface area contributed by atoms with E-state index in [2.05, 4.69) is 69.2 Å². The monoisotopic (exact) mass is 466 g/mol. The summed E-state index contributed by atoms with van der Waals surface area (Å²) in [6.45, 7) is 23.1. The van der Waals surface area contributed by atoms with Gasteiger partial charge in [-0.3, -0.25) is 0 Å². The van der Waals surface area contributed by atoms with Gasteiger partial charge in [-0.05, 0) is 61.3 Å². The van der Waals surface area contributed by atoms with Gasteiger partial charge in [0, 0.05) is 6.61 Å². The molecular weight excluding hydrogens is 417 g/mol. The van der Waals surface area contributed by atoms with Crippen molar-refractivity contribution < 1.29 is 16.8 Å². The van der Waals surface area contributed by atoms with Crippen LogP contribution in [0, 0.1) is 0 Å². The summed E-state index contributed by atoms with van der Waals surface area (Å²) in [6.07, 6.45) is 0. The lowest BCUT2D eigenvalue weighted by molar-refractivity contribution is 0.0838. The molecule has 0 radical (unpaired) electrons. The van der Waals surface area contributed by atoms with Gasteiger partial charge in [0.2, 0.25) is 0 Å². The van der Waals surface area contributed by atoms with Crippen LogP contribution in [-0.4, -0.2) is 40.6 Å². The zero-order chi connectivity index (χ0) is 21.9. The summed E-state index contributed by atoms with van der Waals surface area (Å²) < 4.78 is 27.8. The molecule has 0 saturated carbocycles. The normalized spacial score (nSPS) is 13.9. The Morgan fingerprint density at radius 1 is 0.393 bits per heavy atom. The largest absolute Gasteiger partial charge is 0.647 e. The first-order chi connectivity index (χ1) is 13.2. The second kappa shape index (κ2) is 13.2. The molecular formula is C20H50O4Si4. The van der Waals surface area contributed by atoms with Crippen molar-refractivity contribution in [1.29, 1.82) is 0 Å². The van der Waals surface area contributed by atoms with E-state index < -0.39 is 34.0 Å². The Labute approximate surface area is 181 Å². The molecule has 0 saturated heterocycles. The van der Waals surface area contributed by atoms with Gasteiger partial charge in [0.1, 0.15) is 0 Å². The minimum atomic E-state index is -3.21. The molecule has 0 aromatic heterocycles. The van der Waals surface area contributed by atoms with E-state index in [1.165, 1.54) is 0 Å². The van der Waals surface area contributed by atoms with Crippen molar-refractivity contribution in [3.05, 3.63) is 0 Å². The highest BCUT2D eigenvalue weighted by atomic mass is 28.5. The summed E-state index contributed by atoms with van der Waals surface area (Å²) in [7, 11) is -9.01. The molecule has 0 spiro atoms. The molecule has 8 heteroatoms. The van der Waals surface area contributed by atoms with Gasteiger partial charge < -0.3 is 16.8 Å². The zero-order valence-corrected chi connectivity index (χ0v) is 24.7. The van der Waals surface area contributed by atoms with Crippen molar-refractivity contribution in [3.8, 4) is 0 Å². The fourth-order valence-corrected chi connectivity index (χ4v) is 22.8. The molecule has 0 fully saturated rings. The number of rotatable bonds is 17. The molecule has 0 rings (SSSR count). The quantitative estimate of drug-likeness (QED) is 0.208. The maximum Gasteiger partial charge on any atom is 0.647 e. The zero-order valence-electron chi connectivity index (χ0n) is 20.7. The lowest BCUT2D eigenvalue weighted by atomic mass is 10.9. The van der Waals surface area contributed by atoms with Crippen LogP contribution >= 0.6 is 0 Å². The Balaban J connectivity index is 6.39. The molecule has 0 heterocycles. The van der Waals surface area contributed by atoms with Crippen molar-refractivity contribution in [2.75, 3.05) is 6.61 Å². The Morgan fingerprint density at radius 2 is 0.607 bits per heavy atom. The molecule has 0 aliphatic carbocycles. The summed E-state index contributed by atoms with van der Waals surface area (Å²) in [5, 5.41) is 0. The molecule has 28 heavy (non-hydrogen) atoms. The third-order valence-electron chi connectivity index (χ3n) is 7.14. The van der Waals surface area contributed by atoms with Crippen molar-refractivity contribution in [1.82, 2.24) is 0 Å². The molecule has 0 bridgehead atoms. The van der Waals surface area contributed by atoms with Crippen LogP contribution in [0.4, 0.5) is 0 Å². The van der Waals surface area contributed by atoms with E-state index in [9.17, 15) is 0 Å². The molecule has 0 N–H and O–H groups in total. The van der Waals surface area contributed by atoms with Crippen LogP contribution < -0.4 is 0 Å². The highest BCUT2D eigenvalue weighted by molar-refractivity contribution is 6.90. The number of hydrogen-bond acceptors (Lipinski definition) is 4. The maximum absolute atomic E-state index is 7.12. The predicted octanol–water partition coefficient (Wildman–Crippen LogP) is 7.52. The molecule has 4 nitrogen and oxygen atoms in total. The van der Waals surface area contributed by atoms with Crippen LogP contribution in [0.15, 0.2) is 0 Å². The van der Waals surface area contributed by atoms with Crippen molar-refractivity contribution in [3.63, 3.8) is 0 Å². The Morgan fingerprint density at radius 3 is 0.750 bits per heavy atom. The topological polar surface area (TPSA) is 36.9 Å². The molecule has 0 atom stereocenters. The van der Waals surface area contributed by atoms with Crippen LogP contribution in [0.5, 0.6) is 0 Å². The smallest absolute Gasteiger partial charge is 0.395 e. The number of hydrogen-bond donors (Lipinski definition) is 0. The van der Waals surface area contributed by atoms with Crippen LogP contribution in [0.2, 0.25) is 54.4 Å². The summed E-state index contributed by atoms with van der Waals surface area (Å²) in [5.41, 5.74) is 0. The Bertz CT molecular complexity index is 331. The predicted molar refractivity (Wildman–Crippen MR) is 132 cm³/mol. The molecule has 0 unspecified atom stereocenters. The summed E-state index contributed by atoms with van der Waals surface area (Å²) >= 11 is 0. The lowest BCUT2D eigenvalue weighted by Crippen LogP contribution is -2.66. The molecule has 170 valence electrons. The second-order valence-electron chi connectivity index (χ2n) is 7.97. The van der Waals surface area contributed by atoms with Crippen LogP contribution in [0.25, 0.3) is 0 Å². The first-order valence-corrected chi connectivity index (χ1v) is 21.2. The first-order valence-electron chi connectivity index (χ1n) is 12.0. The lowest BCUT2D eigenvalue weighted by Gasteiger charge is -2.46. The van der Waals surface area contributed by atoms with Crippen LogP contribution in [0.1, 0.15) is 69.2 Å². The van der Waals surface area contributed by atoms with Crippen LogP contribution in [-0.2, 0) is 16.8 Å².